The lowest BCUT2D eigenvalue weighted by Crippen LogP contribution is -2.54. The van der Waals surface area contributed by atoms with Crippen LogP contribution >= 0.6 is 0 Å². The van der Waals surface area contributed by atoms with Gasteiger partial charge in [0.1, 0.15) is 5.75 Å². The highest BCUT2D eigenvalue weighted by atomic mass is 19.3. The standard InChI is InChI=1S/C16H19F2N3O4/c1-9(2)11-8-16(24,15(17)18)21(20-11)14(23)13(22)19-10-6-4-5-7-12(10)25-3/h4-7,9,15,24H,8H2,1-3H3,(H,19,22). The summed E-state index contributed by atoms with van der Waals surface area (Å²) in [6, 6.07) is 6.30. The molecule has 0 saturated carbocycles. The lowest BCUT2D eigenvalue weighted by atomic mass is 10.00. The largest absolute Gasteiger partial charge is 0.495 e. The highest BCUT2D eigenvalue weighted by Crippen LogP contribution is 2.33. The van der Waals surface area contributed by atoms with E-state index in [0.717, 1.165) is 0 Å². The molecule has 7 nitrogen and oxygen atoms in total. The summed E-state index contributed by atoms with van der Waals surface area (Å²) < 4.78 is 31.7. The number of amides is 2. The van der Waals surface area contributed by atoms with Crippen LogP contribution in [0, 0.1) is 5.92 Å². The Morgan fingerprint density at radius 3 is 2.56 bits per heavy atom. The molecule has 0 aliphatic carbocycles. The molecule has 0 saturated heterocycles. The van der Waals surface area contributed by atoms with E-state index in [9.17, 15) is 23.5 Å². The van der Waals surface area contributed by atoms with E-state index in [0.29, 0.717) is 5.75 Å². The highest BCUT2D eigenvalue weighted by molar-refractivity contribution is 6.40. The summed E-state index contributed by atoms with van der Waals surface area (Å²) in [7, 11) is 1.38. The fraction of sp³-hybridized carbons (Fsp3) is 0.438. The van der Waals surface area contributed by atoms with Crippen LogP contribution in [-0.2, 0) is 9.59 Å². The van der Waals surface area contributed by atoms with E-state index < -0.39 is 30.4 Å². The van der Waals surface area contributed by atoms with Crippen molar-refractivity contribution < 1.29 is 28.2 Å². The number of nitrogens with zero attached hydrogens (tertiary/aromatic N) is 2. The first kappa shape index (κ1) is 18.8. The molecule has 1 aromatic carbocycles. The second kappa shape index (κ2) is 7.14. The smallest absolute Gasteiger partial charge is 0.335 e. The minimum Gasteiger partial charge on any atom is -0.495 e. The Morgan fingerprint density at radius 1 is 1.36 bits per heavy atom. The average Bonchev–Trinajstić information content (AvgIpc) is 2.94. The summed E-state index contributed by atoms with van der Waals surface area (Å²) in [5.41, 5.74) is -2.44. The molecule has 1 aliphatic heterocycles. The lowest BCUT2D eigenvalue weighted by Gasteiger charge is -2.29. The molecule has 0 bridgehead atoms. The molecular formula is C16H19F2N3O4. The number of carbonyl (C=O) groups excluding carboxylic acids is 2. The Hall–Kier alpha value is -2.55. The maximum atomic E-state index is 13.3. The van der Waals surface area contributed by atoms with E-state index in [-0.39, 0.29) is 22.3 Å². The molecule has 0 aromatic heterocycles. The minimum atomic E-state index is -3.28. The molecule has 9 heteroatoms. The Morgan fingerprint density at radius 2 is 2.00 bits per heavy atom. The van der Waals surface area contributed by atoms with Gasteiger partial charge >= 0.3 is 11.8 Å². The Kier molecular flexibility index (Phi) is 5.36. The maximum Gasteiger partial charge on any atom is 0.335 e. The van der Waals surface area contributed by atoms with Crippen molar-refractivity contribution in [3.8, 4) is 5.75 Å². The summed E-state index contributed by atoms with van der Waals surface area (Å²) in [5.74, 6) is -2.57. The first-order valence-electron chi connectivity index (χ1n) is 7.57. The van der Waals surface area contributed by atoms with Crippen LogP contribution in [0.25, 0.3) is 0 Å². The fourth-order valence-electron chi connectivity index (χ4n) is 2.32. The van der Waals surface area contributed by atoms with Crippen LogP contribution in [0.5, 0.6) is 5.75 Å². The highest BCUT2D eigenvalue weighted by Gasteiger charge is 2.53. The predicted molar refractivity (Wildman–Crippen MR) is 86.3 cm³/mol. The Balaban J connectivity index is 2.26. The molecule has 0 radical (unpaired) electrons. The molecule has 136 valence electrons. The SMILES string of the molecule is COc1ccccc1NC(=O)C(=O)N1N=C(C(C)C)CC1(O)C(F)F. The van der Waals surface area contributed by atoms with Gasteiger partial charge in [-0.15, -0.1) is 0 Å². The number of hydrogen-bond acceptors (Lipinski definition) is 5. The maximum absolute atomic E-state index is 13.3. The second-order valence-electron chi connectivity index (χ2n) is 5.87. The monoisotopic (exact) mass is 355 g/mol. The van der Waals surface area contributed by atoms with Gasteiger partial charge in [-0.2, -0.15) is 10.1 Å². The third-order valence-electron chi connectivity index (χ3n) is 3.79. The van der Waals surface area contributed by atoms with Crippen molar-refractivity contribution in [3.63, 3.8) is 0 Å². The van der Waals surface area contributed by atoms with Gasteiger partial charge in [-0.3, -0.25) is 9.59 Å². The summed E-state index contributed by atoms with van der Waals surface area (Å²) in [6.45, 7) is 3.38. The quantitative estimate of drug-likeness (QED) is 0.806. The van der Waals surface area contributed by atoms with E-state index in [1.807, 2.05) is 0 Å². The van der Waals surface area contributed by atoms with Crippen molar-refractivity contribution in [2.75, 3.05) is 12.4 Å². The number of nitrogens with one attached hydrogen (secondary N) is 1. The predicted octanol–water partition coefficient (Wildman–Crippen LogP) is 1.83. The van der Waals surface area contributed by atoms with E-state index in [1.165, 1.54) is 13.2 Å². The molecule has 1 heterocycles. The van der Waals surface area contributed by atoms with E-state index in [1.54, 1.807) is 32.0 Å². The zero-order valence-corrected chi connectivity index (χ0v) is 14.0. The van der Waals surface area contributed by atoms with Crippen LogP contribution in [0.3, 0.4) is 0 Å². The molecule has 2 amide bonds. The average molecular weight is 355 g/mol. The van der Waals surface area contributed by atoms with Crippen LogP contribution in [0.1, 0.15) is 20.3 Å². The molecule has 0 fully saturated rings. The normalized spacial score (nSPS) is 20.0. The molecule has 2 N–H and O–H groups in total. The first-order chi connectivity index (χ1) is 11.7. The summed E-state index contributed by atoms with van der Waals surface area (Å²) in [4.78, 5) is 24.5. The minimum absolute atomic E-state index is 0.164. The van der Waals surface area contributed by atoms with Gasteiger partial charge in [0, 0.05) is 12.1 Å². The number of benzene rings is 1. The number of para-hydroxylation sites is 2. The lowest BCUT2D eigenvalue weighted by molar-refractivity contribution is -0.192. The molecule has 0 spiro atoms. The number of rotatable bonds is 4. The van der Waals surface area contributed by atoms with Gasteiger partial charge in [0.15, 0.2) is 0 Å². The zero-order valence-electron chi connectivity index (χ0n) is 14.0. The number of ether oxygens (including phenoxy) is 1. The molecule has 25 heavy (non-hydrogen) atoms. The van der Waals surface area contributed by atoms with Crippen LogP contribution in [-0.4, -0.2) is 46.9 Å². The van der Waals surface area contributed by atoms with Gasteiger partial charge in [0.25, 0.3) is 6.43 Å². The Bertz CT molecular complexity index is 708. The zero-order chi connectivity index (χ0) is 18.8. The molecular weight excluding hydrogens is 336 g/mol. The van der Waals surface area contributed by atoms with Gasteiger partial charge in [-0.25, -0.2) is 8.78 Å². The number of anilines is 1. The second-order valence-corrected chi connectivity index (χ2v) is 5.87. The van der Waals surface area contributed by atoms with Gasteiger partial charge < -0.3 is 15.2 Å². The van der Waals surface area contributed by atoms with Crippen LogP contribution in [0.4, 0.5) is 14.5 Å². The third kappa shape index (κ3) is 3.60. The van der Waals surface area contributed by atoms with Gasteiger partial charge in [0.2, 0.25) is 5.72 Å². The third-order valence-corrected chi connectivity index (χ3v) is 3.79. The Labute approximate surface area is 143 Å². The van der Waals surface area contributed by atoms with Crippen molar-refractivity contribution in [1.82, 2.24) is 5.01 Å². The number of carbonyl (C=O) groups is 2. The summed E-state index contributed by atoms with van der Waals surface area (Å²) >= 11 is 0. The van der Waals surface area contributed by atoms with Crippen molar-refractivity contribution in [2.24, 2.45) is 11.0 Å². The molecule has 1 aliphatic rings. The topological polar surface area (TPSA) is 91.2 Å². The van der Waals surface area contributed by atoms with Crippen molar-refractivity contribution in [3.05, 3.63) is 24.3 Å². The summed E-state index contributed by atoms with van der Waals surface area (Å²) in [5, 5.41) is 16.4. The van der Waals surface area contributed by atoms with Gasteiger partial charge in [0.05, 0.1) is 12.8 Å². The molecule has 2 rings (SSSR count). The fourth-order valence-corrected chi connectivity index (χ4v) is 2.32. The molecule has 1 atom stereocenters. The van der Waals surface area contributed by atoms with Crippen LogP contribution in [0.15, 0.2) is 29.4 Å². The van der Waals surface area contributed by atoms with Crippen molar-refractivity contribution in [1.29, 1.82) is 0 Å². The molecule has 1 aromatic rings. The molecule has 1 unspecified atom stereocenters. The number of methoxy groups -OCH3 is 1. The van der Waals surface area contributed by atoms with Crippen molar-refractivity contribution >= 4 is 23.2 Å². The van der Waals surface area contributed by atoms with Crippen LogP contribution in [0.2, 0.25) is 0 Å². The first-order valence-corrected chi connectivity index (χ1v) is 7.57. The number of alkyl halides is 2. The summed E-state index contributed by atoms with van der Waals surface area (Å²) in [6.07, 6.45) is -3.80. The van der Waals surface area contributed by atoms with E-state index in [2.05, 4.69) is 10.4 Å². The number of hydrazone groups is 1. The number of hydrogen-bond donors (Lipinski definition) is 2. The van der Waals surface area contributed by atoms with Gasteiger partial charge in [-0.1, -0.05) is 26.0 Å². The number of halogens is 2. The van der Waals surface area contributed by atoms with E-state index in [4.69, 9.17) is 4.74 Å². The van der Waals surface area contributed by atoms with Crippen molar-refractivity contribution in [2.45, 2.75) is 32.4 Å². The number of aliphatic hydroxyl groups is 1. The van der Waals surface area contributed by atoms with Crippen LogP contribution < -0.4 is 10.1 Å². The van der Waals surface area contributed by atoms with Gasteiger partial charge in [-0.05, 0) is 18.1 Å². The van der Waals surface area contributed by atoms with E-state index >= 15 is 0 Å².